The van der Waals surface area contributed by atoms with E-state index in [9.17, 15) is 0 Å². The number of ether oxygens (including phenoxy) is 1. The van der Waals surface area contributed by atoms with Crippen LogP contribution in [0.1, 0.15) is 13.3 Å². The zero-order valence-corrected chi connectivity index (χ0v) is 10.1. The maximum atomic E-state index is 5.68. The van der Waals surface area contributed by atoms with Gasteiger partial charge in [-0.25, -0.2) is 4.98 Å². The molecule has 17 heavy (non-hydrogen) atoms. The van der Waals surface area contributed by atoms with Gasteiger partial charge in [0, 0.05) is 25.9 Å². The molecule has 0 saturated heterocycles. The summed E-state index contributed by atoms with van der Waals surface area (Å²) in [7, 11) is 1.82. The Bertz CT molecular complexity index is 481. The fourth-order valence-electron chi connectivity index (χ4n) is 1.50. The van der Waals surface area contributed by atoms with Crippen molar-refractivity contribution in [3.63, 3.8) is 0 Å². The van der Waals surface area contributed by atoms with E-state index in [1.807, 2.05) is 30.1 Å². The van der Waals surface area contributed by atoms with Crippen LogP contribution in [0.15, 0.2) is 30.7 Å². The van der Waals surface area contributed by atoms with Gasteiger partial charge in [-0.1, -0.05) is 6.92 Å². The number of rotatable bonds is 5. The van der Waals surface area contributed by atoms with Crippen molar-refractivity contribution >= 4 is 5.82 Å². The zero-order valence-electron chi connectivity index (χ0n) is 10.1. The third-order valence-electron chi connectivity index (χ3n) is 2.29. The molecule has 5 nitrogen and oxygen atoms in total. The minimum Gasteiger partial charge on any atom is -0.454 e. The Morgan fingerprint density at radius 2 is 2.29 bits per heavy atom. The van der Waals surface area contributed by atoms with E-state index in [-0.39, 0.29) is 0 Å². The predicted octanol–water partition coefficient (Wildman–Crippen LogP) is 2.52. The summed E-state index contributed by atoms with van der Waals surface area (Å²) in [5.41, 5.74) is 0. The molecule has 0 amide bonds. The minimum atomic E-state index is 0.742. The average Bonchev–Trinajstić information content (AvgIpc) is 2.77. The Morgan fingerprint density at radius 3 is 3.06 bits per heavy atom. The minimum absolute atomic E-state index is 0.742. The van der Waals surface area contributed by atoms with Gasteiger partial charge in [0.2, 0.25) is 0 Å². The number of pyridine rings is 1. The van der Waals surface area contributed by atoms with Crippen LogP contribution in [0.5, 0.6) is 11.5 Å². The number of hydrogen-bond donors (Lipinski definition) is 1. The molecular formula is C12H16N4O. The number of hydrogen-bond acceptors (Lipinski definition) is 4. The molecule has 2 heterocycles. The van der Waals surface area contributed by atoms with E-state index in [0.717, 1.165) is 30.3 Å². The van der Waals surface area contributed by atoms with Gasteiger partial charge in [0.25, 0.3) is 0 Å². The van der Waals surface area contributed by atoms with Gasteiger partial charge in [-0.3, -0.25) is 4.68 Å². The molecule has 5 heteroatoms. The molecule has 2 aromatic rings. The highest BCUT2D eigenvalue weighted by Crippen LogP contribution is 2.22. The van der Waals surface area contributed by atoms with E-state index >= 15 is 0 Å². The Kier molecular flexibility index (Phi) is 3.59. The summed E-state index contributed by atoms with van der Waals surface area (Å²) in [6, 6.07) is 3.66. The number of nitrogens with zero attached hydrogens (tertiary/aromatic N) is 3. The van der Waals surface area contributed by atoms with Gasteiger partial charge in [0.05, 0.1) is 12.4 Å². The van der Waals surface area contributed by atoms with Crippen molar-refractivity contribution in [2.75, 3.05) is 12.4 Å². The molecule has 0 fully saturated rings. The van der Waals surface area contributed by atoms with Crippen molar-refractivity contribution in [3.8, 4) is 11.5 Å². The van der Waals surface area contributed by atoms with Crippen LogP contribution in [0.3, 0.4) is 0 Å². The van der Waals surface area contributed by atoms with Crippen LogP contribution in [0, 0.1) is 0 Å². The van der Waals surface area contributed by atoms with E-state index in [1.165, 1.54) is 0 Å². The molecule has 0 radical (unpaired) electrons. The molecule has 0 atom stereocenters. The van der Waals surface area contributed by atoms with Gasteiger partial charge in [-0.15, -0.1) is 0 Å². The Labute approximate surface area is 100 Å². The van der Waals surface area contributed by atoms with Gasteiger partial charge >= 0.3 is 0 Å². The van der Waals surface area contributed by atoms with E-state index in [2.05, 4.69) is 22.3 Å². The molecule has 0 aliphatic heterocycles. The molecule has 2 rings (SSSR count). The Morgan fingerprint density at radius 1 is 1.41 bits per heavy atom. The molecule has 2 aromatic heterocycles. The third kappa shape index (κ3) is 2.96. The molecule has 90 valence electrons. The first-order chi connectivity index (χ1) is 8.31. The molecule has 0 unspecified atom stereocenters. The molecule has 0 aromatic carbocycles. The zero-order chi connectivity index (χ0) is 12.1. The largest absolute Gasteiger partial charge is 0.454 e. The first-order valence-corrected chi connectivity index (χ1v) is 5.66. The van der Waals surface area contributed by atoms with E-state index in [0.29, 0.717) is 0 Å². The second-order valence-corrected chi connectivity index (χ2v) is 3.67. The molecule has 0 saturated carbocycles. The SMILES string of the molecule is CCCn1cc(Oc2ccnc(NC)c2)cn1. The average molecular weight is 232 g/mol. The molecule has 1 N–H and O–H groups in total. The molecule has 0 aliphatic carbocycles. The lowest BCUT2D eigenvalue weighted by Gasteiger charge is -2.04. The standard InChI is InChI=1S/C12H16N4O/c1-3-6-16-9-11(8-15-16)17-10-4-5-14-12(7-10)13-2/h4-5,7-9H,3,6H2,1-2H3,(H,13,14). The Hall–Kier alpha value is -2.04. The summed E-state index contributed by atoms with van der Waals surface area (Å²) in [5, 5.41) is 7.17. The number of aryl methyl sites for hydroxylation is 1. The van der Waals surface area contributed by atoms with E-state index < -0.39 is 0 Å². The molecule has 0 bridgehead atoms. The van der Waals surface area contributed by atoms with Crippen LogP contribution in [-0.4, -0.2) is 21.8 Å². The predicted molar refractivity (Wildman–Crippen MR) is 66.4 cm³/mol. The smallest absolute Gasteiger partial charge is 0.165 e. The fraction of sp³-hybridized carbons (Fsp3) is 0.333. The monoisotopic (exact) mass is 232 g/mol. The second kappa shape index (κ2) is 5.34. The highest BCUT2D eigenvalue weighted by molar-refractivity contribution is 5.41. The van der Waals surface area contributed by atoms with Crippen molar-refractivity contribution in [2.24, 2.45) is 0 Å². The lowest BCUT2D eigenvalue weighted by atomic mass is 10.4. The highest BCUT2D eigenvalue weighted by Gasteiger charge is 2.02. The summed E-state index contributed by atoms with van der Waals surface area (Å²) in [4.78, 5) is 4.12. The van der Waals surface area contributed by atoms with Gasteiger partial charge < -0.3 is 10.1 Å². The van der Waals surface area contributed by atoms with Gasteiger partial charge in [0.1, 0.15) is 11.6 Å². The van der Waals surface area contributed by atoms with Crippen molar-refractivity contribution in [1.29, 1.82) is 0 Å². The first-order valence-electron chi connectivity index (χ1n) is 5.66. The summed E-state index contributed by atoms with van der Waals surface area (Å²) in [6.45, 7) is 3.02. The van der Waals surface area contributed by atoms with Crippen LogP contribution >= 0.6 is 0 Å². The normalized spacial score (nSPS) is 10.2. The lowest BCUT2D eigenvalue weighted by Crippen LogP contribution is -1.95. The topological polar surface area (TPSA) is 52.0 Å². The van der Waals surface area contributed by atoms with Gasteiger partial charge in [-0.2, -0.15) is 5.10 Å². The maximum Gasteiger partial charge on any atom is 0.165 e. The number of anilines is 1. The van der Waals surface area contributed by atoms with E-state index in [4.69, 9.17) is 4.74 Å². The maximum absolute atomic E-state index is 5.68. The van der Waals surface area contributed by atoms with Crippen molar-refractivity contribution in [3.05, 3.63) is 30.7 Å². The van der Waals surface area contributed by atoms with Crippen LogP contribution in [0.4, 0.5) is 5.82 Å². The van der Waals surface area contributed by atoms with Crippen LogP contribution in [-0.2, 0) is 6.54 Å². The van der Waals surface area contributed by atoms with Gasteiger partial charge in [-0.05, 0) is 12.5 Å². The summed E-state index contributed by atoms with van der Waals surface area (Å²) >= 11 is 0. The first kappa shape index (κ1) is 11.4. The van der Waals surface area contributed by atoms with Crippen LogP contribution < -0.4 is 10.1 Å². The Balaban J connectivity index is 2.08. The fourth-order valence-corrected chi connectivity index (χ4v) is 1.50. The lowest BCUT2D eigenvalue weighted by molar-refractivity contribution is 0.480. The molecule has 0 aliphatic rings. The summed E-state index contributed by atoms with van der Waals surface area (Å²) in [6.07, 6.45) is 6.37. The van der Waals surface area contributed by atoms with Gasteiger partial charge in [0.15, 0.2) is 5.75 Å². The quantitative estimate of drug-likeness (QED) is 0.860. The van der Waals surface area contributed by atoms with Crippen LogP contribution in [0.25, 0.3) is 0 Å². The van der Waals surface area contributed by atoms with Crippen LogP contribution in [0.2, 0.25) is 0 Å². The second-order valence-electron chi connectivity index (χ2n) is 3.67. The van der Waals surface area contributed by atoms with E-state index in [1.54, 1.807) is 12.4 Å². The third-order valence-corrected chi connectivity index (χ3v) is 2.29. The van der Waals surface area contributed by atoms with Crippen molar-refractivity contribution in [2.45, 2.75) is 19.9 Å². The number of aromatic nitrogens is 3. The molecule has 0 spiro atoms. The summed E-state index contributed by atoms with van der Waals surface area (Å²) < 4.78 is 7.56. The number of nitrogens with one attached hydrogen (secondary N) is 1. The summed E-state index contributed by atoms with van der Waals surface area (Å²) in [5.74, 6) is 2.27. The van der Waals surface area contributed by atoms with Crippen molar-refractivity contribution < 1.29 is 4.74 Å². The highest BCUT2D eigenvalue weighted by atomic mass is 16.5. The molecular weight excluding hydrogens is 216 g/mol. The van der Waals surface area contributed by atoms with Crippen molar-refractivity contribution in [1.82, 2.24) is 14.8 Å².